The van der Waals surface area contributed by atoms with Gasteiger partial charge in [-0.15, -0.1) is 0 Å². The summed E-state index contributed by atoms with van der Waals surface area (Å²) < 4.78 is 0. The molecule has 0 fully saturated rings. The lowest BCUT2D eigenvalue weighted by molar-refractivity contribution is -0.111. The van der Waals surface area contributed by atoms with E-state index in [1.54, 1.807) is 12.3 Å². The van der Waals surface area contributed by atoms with Crippen molar-refractivity contribution in [1.82, 2.24) is 9.97 Å². The van der Waals surface area contributed by atoms with Gasteiger partial charge in [-0.2, -0.15) is 0 Å². The second kappa shape index (κ2) is 6.31. The first-order chi connectivity index (χ1) is 9.95. The maximum atomic E-state index is 11.7. The summed E-state index contributed by atoms with van der Waals surface area (Å²) >= 11 is 0. The molecule has 1 heterocycles. The minimum Gasteiger partial charge on any atom is -0.306 e. The number of nitrogens with one attached hydrogen (secondary N) is 1. The number of anilines is 1. The molecule has 1 N–H and O–H groups in total. The van der Waals surface area contributed by atoms with Crippen molar-refractivity contribution in [3.63, 3.8) is 0 Å². The van der Waals surface area contributed by atoms with Crippen LogP contribution >= 0.6 is 0 Å². The van der Waals surface area contributed by atoms with Crippen LogP contribution < -0.4 is 5.32 Å². The lowest BCUT2D eigenvalue weighted by atomic mass is 9.87. The highest BCUT2D eigenvalue weighted by molar-refractivity contribution is 6.01. The quantitative estimate of drug-likeness (QED) is 0.877. The van der Waals surface area contributed by atoms with Crippen LogP contribution in [0.4, 0.5) is 5.82 Å². The molecule has 0 radical (unpaired) electrons. The third-order valence-corrected chi connectivity index (χ3v) is 3.02. The number of hydrogen-bond acceptors (Lipinski definition) is 3. The third-order valence-electron chi connectivity index (χ3n) is 3.02. The van der Waals surface area contributed by atoms with Crippen molar-refractivity contribution < 1.29 is 4.79 Å². The largest absolute Gasteiger partial charge is 0.306 e. The highest BCUT2D eigenvalue weighted by atomic mass is 16.1. The number of rotatable bonds is 3. The molecule has 0 saturated heterocycles. The van der Waals surface area contributed by atoms with Gasteiger partial charge in [0.05, 0.1) is 6.20 Å². The average Bonchev–Trinajstić information content (AvgIpc) is 2.46. The zero-order valence-corrected chi connectivity index (χ0v) is 12.5. The van der Waals surface area contributed by atoms with E-state index < -0.39 is 0 Å². The Morgan fingerprint density at radius 3 is 2.43 bits per heavy atom. The van der Waals surface area contributed by atoms with Crippen molar-refractivity contribution in [1.29, 1.82) is 0 Å². The highest BCUT2D eigenvalue weighted by Crippen LogP contribution is 2.22. The monoisotopic (exact) mass is 281 g/mol. The molecule has 108 valence electrons. The standard InChI is InChI=1S/C17H19N3O/c1-17(2,3)14-7-4-13(5-8-14)6-9-16(21)20-15-12-18-10-11-19-15/h4-12H,1-3H3,(H,19,20,21)/b9-6+. The van der Waals surface area contributed by atoms with Gasteiger partial charge in [0.25, 0.3) is 0 Å². The maximum Gasteiger partial charge on any atom is 0.249 e. The number of carbonyl (C=O) groups excluding carboxylic acids is 1. The number of amides is 1. The van der Waals surface area contributed by atoms with Gasteiger partial charge in [0.15, 0.2) is 5.82 Å². The number of hydrogen-bond donors (Lipinski definition) is 1. The number of aromatic nitrogens is 2. The lowest BCUT2D eigenvalue weighted by Gasteiger charge is -2.18. The first-order valence-corrected chi connectivity index (χ1v) is 6.81. The molecule has 2 aromatic rings. The zero-order chi connectivity index (χ0) is 15.3. The van der Waals surface area contributed by atoms with Gasteiger partial charge in [0, 0.05) is 18.5 Å². The molecule has 0 spiro atoms. The van der Waals surface area contributed by atoms with Gasteiger partial charge in [-0.05, 0) is 22.6 Å². The normalized spacial score (nSPS) is 11.6. The Labute approximate surface area is 125 Å². The van der Waals surface area contributed by atoms with E-state index in [4.69, 9.17) is 0 Å². The van der Waals surface area contributed by atoms with Crippen LogP contribution in [0.1, 0.15) is 31.9 Å². The molecule has 4 heteroatoms. The molecule has 1 aromatic carbocycles. The van der Waals surface area contributed by atoms with Crippen molar-refractivity contribution in [2.24, 2.45) is 0 Å². The zero-order valence-electron chi connectivity index (χ0n) is 12.5. The fourth-order valence-corrected chi connectivity index (χ4v) is 1.80. The average molecular weight is 281 g/mol. The minimum atomic E-state index is -0.226. The summed E-state index contributed by atoms with van der Waals surface area (Å²) in [5.74, 6) is 0.214. The Balaban J connectivity index is 1.99. The minimum absolute atomic E-state index is 0.131. The lowest BCUT2D eigenvalue weighted by Crippen LogP contribution is -2.10. The summed E-state index contributed by atoms with van der Waals surface area (Å²) in [6.07, 6.45) is 7.86. The van der Waals surface area contributed by atoms with Gasteiger partial charge in [0.2, 0.25) is 5.91 Å². The van der Waals surface area contributed by atoms with Gasteiger partial charge in [-0.25, -0.2) is 4.98 Å². The topological polar surface area (TPSA) is 54.9 Å². The molecule has 0 aliphatic carbocycles. The third kappa shape index (κ3) is 4.53. The van der Waals surface area contributed by atoms with Crippen molar-refractivity contribution >= 4 is 17.8 Å². The number of carbonyl (C=O) groups is 1. The van der Waals surface area contributed by atoms with Gasteiger partial charge in [-0.1, -0.05) is 45.0 Å². The summed E-state index contributed by atoms with van der Waals surface area (Å²) in [4.78, 5) is 19.6. The molecule has 4 nitrogen and oxygen atoms in total. The van der Waals surface area contributed by atoms with Crippen LogP contribution in [-0.2, 0) is 10.2 Å². The molecule has 0 aliphatic heterocycles. The predicted octanol–water partition coefficient (Wildman–Crippen LogP) is 3.43. The fourth-order valence-electron chi connectivity index (χ4n) is 1.80. The van der Waals surface area contributed by atoms with Crippen molar-refractivity contribution in [2.75, 3.05) is 5.32 Å². The van der Waals surface area contributed by atoms with Crippen LogP contribution in [0.15, 0.2) is 48.9 Å². The SMILES string of the molecule is CC(C)(C)c1ccc(/C=C/C(=O)Nc2cnccn2)cc1. The summed E-state index contributed by atoms with van der Waals surface area (Å²) in [5, 5.41) is 2.65. The molecule has 0 saturated carbocycles. The molecule has 2 rings (SSSR count). The predicted molar refractivity (Wildman–Crippen MR) is 84.8 cm³/mol. The molecular formula is C17H19N3O. The highest BCUT2D eigenvalue weighted by Gasteiger charge is 2.12. The van der Waals surface area contributed by atoms with E-state index in [1.165, 1.54) is 24.0 Å². The molecule has 0 unspecified atom stereocenters. The molecule has 0 aliphatic rings. The first-order valence-electron chi connectivity index (χ1n) is 6.81. The Hall–Kier alpha value is -2.49. The second-order valence-electron chi connectivity index (χ2n) is 5.79. The van der Waals surface area contributed by atoms with E-state index in [1.807, 2.05) is 12.1 Å². The summed E-state index contributed by atoms with van der Waals surface area (Å²) in [5.41, 5.74) is 2.38. The number of benzene rings is 1. The van der Waals surface area contributed by atoms with Crippen molar-refractivity contribution in [3.8, 4) is 0 Å². The van der Waals surface area contributed by atoms with Crippen molar-refractivity contribution in [2.45, 2.75) is 26.2 Å². The summed E-state index contributed by atoms with van der Waals surface area (Å²) in [7, 11) is 0. The molecule has 0 bridgehead atoms. The Morgan fingerprint density at radius 2 is 1.86 bits per heavy atom. The van der Waals surface area contributed by atoms with E-state index in [2.05, 4.69) is 48.2 Å². The summed E-state index contributed by atoms with van der Waals surface area (Å²) in [6, 6.07) is 8.18. The second-order valence-corrected chi connectivity index (χ2v) is 5.79. The van der Waals surface area contributed by atoms with Crippen LogP contribution in [-0.4, -0.2) is 15.9 Å². The molecule has 1 aromatic heterocycles. The molecular weight excluding hydrogens is 262 g/mol. The number of nitrogens with zero attached hydrogens (tertiary/aromatic N) is 2. The fraction of sp³-hybridized carbons (Fsp3) is 0.235. The Bertz CT molecular complexity index is 625. The van der Waals surface area contributed by atoms with Gasteiger partial charge in [-0.3, -0.25) is 9.78 Å². The smallest absolute Gasteiger partial charge is 0.249 e. The van der Waals surface area contributed by atoms with Gasteiger partial charge in [0.1, 0.15) is 0 Å². The van der Waals surface area contributed by atoms with E-state index >= 15 is 0 Å². The molecule has 1 amide bonds. The molecule has 0 atom stereocenters. The van der Waals surface area contributed by atoms with Crippen LogP contribution in [0, 0.1) is 0 Å². The molecule has 21 heavy (non-hydrogen) atoms. The maximum absolute atomic E-state index is 11.7. The van der Waals surface area contributed by atoms with E-state index in [0.29, 0.717) is 5.82 Å². The van der Waals surface area contributed by atoms with Gasteiger partial charge < -0.3 is 5.32 Å². The summed E-state index contributed by atoms with van der Waals surface area (Å²) in [6.45, 7) is 6.52. The van der Waals surface area contributed by atoms with E-state index in [9.17, 15) is 4.79 Å². The van der Waals surface area contributed by atoms with Crippen LogP contribution in [0.3, 0.4) is 0 Å². The Kier molecular flexibility index (Phi) is 4.48. The Morgan fingerprint density at radius 1 is 1.14 bits per heavy atom. The van der Waals surface area contributed by atoms with E-state index in [0.717, 1.165) is 5.56 Å². The van der Waals surface area contributed by atoms with Crippen LogP contribution in [0.5, 0.6) is 0 Å². The van der Waals surface area contributed by atoms with Crippen LogP contribution in [0.2, 0.25) is 0 Å². The van der Waals surface area contributed by atoms with Crippen molar-refractivity contribution in [3.05, 3.63) is 60.1 Å². The first kappa shape index (κ1) is 14.9. The van der Waals surface area contributed by atoms with E-state index in [-0.39, 0.29) is 11.3 Å². The van der Waals surface area contributed by atoms with Gasteiger partial charge >= 0.3 is 0 Å². The van der Waals surface area contributed by atoms with Crippen LogP contribution in [0.25, 0.3) is 6.08 Å².